The zero-order valence-electron chi connectivity index (χ0n) is 7.50. The lowest BCUT2D eigenvalue weighted by Crippen LogP contribution is -2.35. The highest BCUT2D eigenvalue weighted by Crippen LogP contribution is 2.17. The predicted octanol–water partition coefficient (Wildman–Crippen LogP) is 0.262. The fourth-order valence-corrected chi connectivity index (χ4v) is 1.67. The molecule has 0 aliphatic heterocycles. The average Bonchev–Trinajstić information content (AvgIpc) is 2.09. The van der Waals surface area contributed by atoms with Gasteiger partial charge in [-0.25, -0.2) is 0 Å². The first kappa shape index (κ1) is 9.96. The van der Waals surface area contributed by atoms with Crippen molar-refractivity contribution in [2.45, 2.75) is 44.2 Å². The Hall–Kier alpha value is -0.120. The van der Waals surface area contributed by atoms with Gasteiger partial charge in [-0.1, -0.05) is 0 Å². The Morgan fingerprint density at radius 2 is 1.83 bits per heavy atom. The summed E-state index contributed by atoms with van der Waals surface area (Å²) in [6.07, 6.45) is 4.77. The number of hydrogen-bond donors (Lipinski definition) is 3. The second-order valence-corrected chi connectivity index (χ2v) is 3.54. The highest BCUT2D eigenvalue weighted by molar-refractivity contribution is 4.76. The molecule has 0 radical (unpaired) electrons. The summed E-state index contributed by atoms with van der Waals surface area (Å²) in [5.74, 6) is 0. The monoisotopic (exact) mass is 173 g/mol. The quantitative estimate of drug-likeness (QED) is 0.535. The molecule has 1 fully saturated rings. The lowest BCUT2D eigenvalue weighted by molar-refractivity contribution is 0.116. The van der Waals surface area contributed by atoms with Crippen LogP contribution in [0, 0.1) is 0 Å². The summed E-state index contributed by atoms with van der Waals surface area (Å²) in [6.45, 7) is 1.17. The van der Waals surface area contributed by atoms with E-state index in [1.807, 2.05) is 0 Å². The molecule has 0 bridgehead atoms. The molecule has 0 spiro atoms. The topological polar surface area (TPSA) is 52.5 Å². The second kappa shape index (κ2) is 5.51. The predicted molar refractivity (Wildman–Crippen MR) is 48.0 cm³/mol. The molecule has 12 heavy (non-hydrogen) atoms. The van der Waals surface area contributed by atoms with Crippen molar-refractivity contribution in [2.75, 3.05) is 13.2 Å². The van der Waals surface area contributed by atoms with E-state index in [-0.39, 0.29) is 12.7 Å². The van der Waals surface area contributed by atoms with Crippen molar-refractivity contribution < 1.29 is 10.2 Å². The summed E-state index contributed by atoms with van der Waals surface area (Å²) in [4.78, 5) is 0. The van der Waals surface area contributed by atoms with E-state index >= 15 is 0 Å². The van der Waals surface area contributed by atoms with Crippen molar-refractivity contribution in [3.63, 3.8) is 0 Å². The van der Waals surface area contributed by atoms with Gasteiger partial charge in [0.1, 0.15) is 0 Å². The van der Waals surface area contributed by atoms with E-state index < -0.39 is 0 Å². The Labute approximate surface area is 73.8 Å². The fraction of sp³-hybridized carbons (Fsp3) is 1.00. The first-order valence-electron chi connectivity index (χ1n) is 4.85. The van der Waals surface area contributed by atoms with Crippen LogP contribution >= 0.6 is 0 Å². The van der Waals surface area contributed by atoms with Gasteiger partial charge < -0.3 is 15.5 Å². The van der Waals surface area contributed by atoms with Gasteiger partial charge in [0.05, 0.1) is 6.10 Å². The van der Waals surface area contributed by atoms with E-state index in [0.29, 0.717) is 6.04 Å². The van der Waals surface area contributed by atoms with Crippen LogP contribution in [0.3, 0.4) is 0 Å². The molecule has 3 heteroatoms. The summed E-state index contributed by atoms with van der Waals surface area (Å²) in [5.41, 5.74) is 0. The molecule has 3 nitrogen and oxygen atoms in total. The lowest BCUT2D eigenvalue weighted by Gasteiger charge is -2.26. The summed E-state index contributed by atoms with van der Waals surface area (Å²) < 4.78 is 0. The van der Waals surface area contributed by atoms with E-state index in [0.717, 1.165) is 38.6 Å². The largest absolute Gasteiger partial charge is 0.396 e. The molecule has 0 amide bonds. The molecule has 1 aliphatic rings. The van der Waals surface area contributed by atoms with Crippen LogP contribution in [0.2, 0.25) is 0 Å². The highest BCUT2D eigenvalue weighted by atomic mass is 16.3. The number of nitrogens with one attached hydrogen (secondary N) is 1. The third kappa shape index (κ3) is 3.52. The summed E-state index contributed by atoms with van der Waals surface area (Å²) in [5, 5.41) is 21.2. The third-order valence-corrected chi connectivity index (χ3v) is 2.46. The van der Waals surface area contributed by atoms with Crippen molar-refractivity contribution >= 4 is 0 Å². The molecule has 72 valence electrons. The first-order valence-corrected chi connectivity index (χ1v) is 4.85. The summed E-state index contributed by atoms with van der Waals surface area (Å²) in [6, 6.07) is 0.569. The molecule has 0 saturated heterocycles. The standard InChI is InChI=1S/C9H19NO2/c11-7-1-6-10-8-2-4-9(12)5-3-8/h8-12H,1-7H2. The molecule has 0 heterocycles. The van der Waals surface area contributed by atoms with E-state index in [4.69, 9.17) is 5.11 Å². The Bertz CT molecular complexity index is 111. The molecule has 0 unspecified atom stereocenters. The lowest BCUT2D eigenvalue weighted by atomic mass is 9.93. The van der Waals surface area contributed by atoms with Crippen LogP contribution < -0.4 is 5.32 Å². The van der Waals surface area contributed by atoms with E-state index in [9.17, 15) is 5.11 Å². The highest BCUT2D eigenvalue weighted by Gasteiger charge is 2.17. The van der Waals surface area contributed by atoms with Gasteiger partial charge in [0, 0.05) is 12.6 Å². The van der Waals surface area contributed by atoms with Gasteiger partial charge in [-0.15, -0.1) is 0 Å². The Balaban J connectivity index is 2.01. The average molecular weight is 173 g/mol. The minimum absolute atomic E-state index is 0.0686. The zero-order valence-corrected chi connectivity index (χ0v) is 7.50. The minimum atomic E-state index is -0.0686. The van der Waals surface area contributed by atoms with Gasteiger partial charge >= 0.3 is 0 Å². The molecule has 1 saturated carbocycles. The molecule has 1 rings (SSSR count). The van der Waals surface area contributed by atoms with Gasteiger partial charge in [-0.2, -0.15) is 0 Å². The van der Waals surface area contributed by atoms with Gasteiger partial charge in [0.2, 0.25) is 0 Å². The van der Waals surface area contributed by atoms with Crippen molar-refractivity contribution in [1.29, 1.82) is 0 Å². The minimum Gasteiger partial charge on any atom is -0.396 e. The molecule has 0 aromatic rings. The molecule has 3 N–H and O–H groups in total. The van der Waals surface area contributed by atoms with E-state index in [2.05, 4.69) is 5.32 Å². The van der Waals surface area contributed by atoms with Gasteiger partial charge in [0.25, 0.3) is 0 Å². The van der Waals surface area contributed by atoms with Crippen LogP contribution in [0.1, 0.15) is 32.1 Å². The van der Waals surface area contributed by atoms with Crippen molar-refractivity contribution in [3.05, 3.63) is 0 Å². The summed E-state index contributed by atoms with van der Waals surface area (Å²) >= 11 is 0. The van der Waals surface area contributed by atoms with Crippen molar-refractivity contribution in [3.8, 4) is 0 Å². The first-order chi connectivity index (χ1) is 5.83. The van der Waals surface area contributed by atoms with E-state index in [1.165, 1.54) is 0 Å². The fourth-order valence-electron chi connectivity index (χ4n) is 1.67. The normalized spacial score (nSPS) is 30.5. The van der Waals surface area contributed by atoms with Crippen LogP contribution in [0.15, 0.2) is 0 Å². The SMILES string of the molecule is OCCCNC1CCC(O)CC1. The van der Waals surface area contributed by atoms with Gasteiger partial charge in [-0.05, 0) is 38.6 Å². The number of aliphatic hydroxyl groups excluding tert-OH is 2. The third-order valence-electron chi connectivity index (χ3n) is 2.46. The van der Waals surface area contributed by atoms with Crippen molar-refractivity contribution in [2.24, 2.45) is 0 Å². The molecule has 0 aromatic carbocycles. The van der Waals surface area contributed by atoms with Crippen LogP contribution in [0.25, 0.3) is 0 Å². The Morgan fingerprint density at radius 3 is 2.42 bits per heavy atom. The smallest absolute Gasteiger partial charge is 0.0541 e. The van der Waals surface area contributed by atoms with Gasteiger partial charge in [-0.3, -0.25) is 0 Å². The second-order valence-electron chi connectivity index (χ2n) is 3.54. The maximum Gasteiger partial charge on any atom is 0.0541 e. The van der Waals surface area contributed by atoms with Crippen molar-refractivity contribution in [1.82, 2.24) is 5.32 Å². The summed E-state index contributed by atoms with van der Waals surface area (Å²) in [7, 11) is 0. The molecular formula is C9H19NO2. The van der Waals surface area contributed by atoms with Gasteiger partial charge in [0.15, 0.2) is 0 Å². The van der Waals surface area contributed by atoms with E-state index in [1.54, 1.807) is 0 Å². The molecule has 1 aliphatic carbocycles. The van der Waals surface area contributed by atoms with Crippen LogP contribution in [0.5, 0.6) is 0 Å². The molecule has 0 aromatic heterocycles. The Morgan fingerprint density at radius 1 is 1.17 bits per heavy atom. The number of aliphatic hydroxyl groups is 2. The number of rotatable bonds is 4. The van der Waals surface area contributed by atoms with Crippen LogP contribution in [-0.2, 0) is 0 Å². The number of hydrogen-bond acceptors (Lipinski definition) is 3. The Kier molecular flexibility index (Phi) is 4.58. The zero-order chi connectivity index (χ0) is 8.81. The molecule has 0 atom stereocenters. The maximum absolute atomic E-state index is 9.23. The van der Waals surface area contributed by atoms with Crippen LogP contribution in [-0.4, -0.2) is 35.5 Å². The maximum atomic E-state index is 9.23. The molecular weight excluding hydrogens is 154 g/mol. The van der Waals surface area contributed by atoms with Crippen LogP contribution in [0.4, 0.5) is 0 Å².